The Labute approximate surface area is 175 Å². The van der Waals surface area contributed by atoms with E-state index in [4.69, 9.17) is 27.9 Å². The zero-order valence-corrected chi connectivity index (χ0v) is 17.2. The molecule has 0 aromatic heterocycles. The first-order valence-corrected chi connectivity index (χ1v) is 10.5. The third-order valence-electron chi connectivity index (χ3n) is 5.55. The lowest BCUT2D eigenvalue weighted by atomic mass is 9.95. The summed E-state index contributed by atoms with van der Waals surface area (Å²) >= 11 is 12.0. The Morgan fingerprint density at radius 3 is 2.54 bits per heavy atom. The van der Waals surface area contributed by atoms with E-state index in [2.05, 4.69) is 22.3 Å². The Morgan fingerprint density at radius 2 is 1.79 bits per heavy atom. The lowest BCUT2D eigenvalue weighted by molar-refractivity contribution is -0.127. The highest BCUT2D eigenvalue weighted by atomic mass is 35.5. The van der Waals surface area contributed by atoms with Crippen LogP contribution in [0.5, 0.6) is 5.75 Å². The van der Waals surface area contributed by atoms with Crippen LogP contribution in [-0.4, -0.2) is 36.5 Å². The van der Waals surface area contributed by atoms with Gasteiger partial charge in [0.25, 0.3) is 0 Å². The van der Waals surface area contributed by atoms with E-state index in [0.29, 0.717) is 18.1 Å². The number of carbonyl (C=O) groups excluding carboxylic acids is 1. The lowest BCUT2D eigenvalue weighted by Crippen LogP contribution is -2.47. The molecule has 0 spiro atoms. The molecular weight excluding hydrogens is 395 g/mol. The van der Waals surface area contributed by atoms with Crippen molar-refractivity contribution in [2.24, 2.45) is 5.92 Å². The third kappa shape index (κ3) is 4.80. The molecular formula is C22H24Cl2N2O2. The number of halogens is 2. The number of rotatable bonds is 4. The third-order valence-corrected chi connectivity index (χ3v) is 6.04. The van der Waals surface area contributed by atoms with E-state index in [0.717, 1.165) is 48.8 Å². The number of hydrogen-bond acceptors (Lipinski definition) is 3. The van der Waals surface area contributed by atoms with E-state index in [1.165, 1.54) is 5.56 Å². The zero-order chi connectivity index (χ0) is 19.5. The Morgan fingerprint density at radius 1 is 1.07 bits per heavy atom. The molecule has 1 fully saturated rings. The van der Waals surface area contributed by atoms with Crippen LogP contribution >= 0.6 is 23.2 Å². The van der Waals surface area contributed by atoms with E-state index < -0.39 is 0 Å². The molecule has 4 rings (SSSR count). The summed E-state index contributed by atoms with van der Waals surface area (Å²) in [5, 5.41) is 4.67. The van der Waals surface area contributed by atoms with Gasteiger partial charge in [0.15, 0.2) is 0 Å². The number of hydrogen-bond donors (Lipinski definition) is 1. The summed E-state index contributed by atoms with van der Waals surface area (Å²) < 4.78 is 5.76. The van der Waals surface area contributed by atoms with Crippen molar-refractivity contribution in [3.63, 3.8) is 0 Å². The van der Waals surface area contributed by atoms with Crippen molar-refractivity contribution in [3.8, 4) is 5.75 Å². The van der Waals surface area contributed by atoms with Gasteiger partial charge in [0.05, 0.1) is 5.92 Å². The lowest BCUT2D eigenvalue weighted by Gasteiger charge is -2.33. The Balaban J connectivity index is 1.25. The molecule has 1 N–H and O–H groups in total. The quantitative estimate of drug-likeness (QED) is 0.803. The summed E-state index contributed by atoms with van der Waals surface area (Å²) in [7, 11) is 0. The van der Waals surface area contributed by atoms with Crippen molar-refractivity contribution in [2.45, 2.75) is 31.8 Å². The first-order valence-electron chi connectivity index (χ1n) is 9.75. The molecule has 2 heterocycles. The van der Waals surface area contributed by atoms with E-state index in [-0.39, 0.29) is 17.9 Å². The largest absolute Gasteiger partial charge is 0.492 e. The number of fused-ring (bicyclic) bond motifs is 1. The monoisotopic (exact) mass is 418 g/mol. The van der Waals surface area contributed by atoms with Gasteiger partial charge in [-0.15, -0.1) is 0 Å². The predicted molar refractivity (Wildman–Crippen MR) is 112 cm³/mol. The maximum Gasteiger partial charge on any atom is 0.227 e. The molecule has 2 aliphatic rings. The second kappa shape index (κ2) is 8.73. The van der Waals surface area contributed by atoms with Crippen LogP contribution in [0.3, 0.4) is 0 Å². The molecule has 1 saturated heterocycles. The van der Waals surface area contributed by atoms with Crippen LogP contribution in [0.15, 0.2) is 42.5 Å². The number of carbonyl (C=O) groups is 1. The molecule has 148 valence electrons. The van der Waals surface area contributed by atoms with E-state index >= 15 is 0 Å². The summed E-state index contributed by atoms with van der Waals surface area (Å²) in [5.74, 6) is 0.767. The molecule has 0 aliphatic carbocycles. The molecule has 0 unspecified atom stereocenters. The fourth-order valence-electron chi connectivity index (χ4n) is 3.93. The fourth-order valence-corrected chi connectivity index (χ4v) is 4.25. The number of piperidine rings is 1. The first kappa shape index (κ1) is 19.6. The highest BCUT2D eigenvalue weighted by Crippen LogP contribution is 2.30. The van der Waals surface area contributed by atoms with Crippen molar-refractivity contribution in [1.29, 1.82) is 0 Å². The fraction of sp³-hybridized carbons (Fsp3) is 0.409. The van der Waals surface area contributed by atoms with Crippen molar-refractivity contribution >= 4 is 29.1 Å². The van der Waals surface area contributed by atoms with Crippen LogP contribution in [0, 0.1) is 5.92 Å². The second-order valence-corrected chi connectivity index (χ2v) is 8.52. The topological polar surface area (TPSA) is 41.6 Å². The maximum atomic E-state index is 12.7. The smallest absolute Gasteiger partial charge is 0.227 e. The van der Waals surface area contributed by atoms with Gasteiger partial charge in [0, 0.05) is 35.7 Å². The van der Waals surface area contributed by atoms with Gasteiger partial charge in [-0.3, -0.25) is 9.69 Å². The summed E-state index contributed by atoms with van der Waals surface area (Å²) in [4.78, 5) is 15.1. The minimum absolute atomic E-state index is 0.0850. The molecule has 1 amide bonds. The van der Waals surface area contributed by atoms with Crippen LogP contribution in [0.1, 0.15) is 24.0 Å². The maximum absolute atomic E-state index is 12.7. The van der Waals surface area contributed by atoms with E-state index in [1.807, 2.05) is 30.3 Å². The van der Waals surface area contributed by atoms with E-state index in [1.54, 1.807) is 0 Å². The highest BCUT2D eigenvalue weighted by Gasteiger charge is 2.29. The van der Waals surface area contributed by atoms with Crippen molar-refractivity contribution in [1.82, 2.24) is 10.2 Å². The first-order chi connectivity index (χ1) is 13.6. The minimum atomic E-state index is -0.155. The molecule has 2 aromatic carbocycles. The molecule has 0 bridgehead atoms. The molecule has 28 heavy (non-hydrogen) atoms. The normalized spacial score (nSPS) is 20.3. The molecule has 4 nitrogen and oxygen atoms in total. The summed E-state index contributed by atoms with van der Waals surface area (Å²) in [6.45, 7) is 3.31. The van der Waals surface area contributed by atoms with Crippen LogP contribution in [0.2, 0.25) is 10.0 Å². The van der Waals surface area contributed by atoms with Gasteiger partial charge in [-0.25, -0.2) is 0 Å². The van der Waals surface area contributed by atoms with Crippen molar-refractivity contribution in [2.75, 3.05) is 19.7 Å². The molecule has 2 aromatic rings. The number of likely N-dealkylation sites (tertiary alicyclic amines) is 1. The zero-order valence-electron chi connectivity index (χ0n) is 15.7. The van der Waals surface area contributed by atoms with Crippen LogP contribution in [0.25, 0.3) is 0 Å². The average Bonchev–Trinajstić information content (AvgIpc) is 2.70. The predicted octanol–water partition coefficient (Wildman–Crippen LogP) is 4.33. The number of benzene rings is 2. The van der Waals surface area contributed by atoms with Gasteiger partial charge in [-0.05, 0) is 60.7 Å². The van der Waals surface area contributed by atoms with Crippen molar-refractivity contribution < 1.29 is 9.53 Å². The van der Waals surface area contributed by atoms with Crippen LogP contribution in [-0.2, 0) is 17.8 Å². The Kier molecular flexibility index (Phi) is 6.10. The molecule has 0 saturated carbocycles. The van der Waals surface area contributed by atoms with Gasteiger partial charge >= 0.3 is 0 Å². The highest BCUT2D eigenvalue weighted by molar-refractivity contribution is 6.30. The Hall–Kier alpha value is -1.75. The summed E-state index contributed by atoms with van der Waals surface area (Å²) in [6.07, 6.45) is 2.61. The van der Waals surface area contributed by atoms with Gasteiger partial charge in [0.1, 0.15) is 12.4 Å². The van der Waals surface area contributed by atoms with Gasteiger partial charge in [-0.1, -0.05) is 35.3 Å². The minimum Gasteiger partial charge on any atom is -0.492 e. The molecule has 0 radical (unpaired) electrons. The summed E-state index contributed by atoms with van der Waals surface area (Å²) in [5.41, 5.74) is 2.28. The van der Waals surface area contributed by atoms with Crippen LogP contribution < -0.4 is 10.1 Å². The van der Waals surface area contributed by atoms with Gasteiger partial charge in [-0.2, -0.15) is 0 Å². The second-order valence-electron chi connectivity index (χ2n) is 7.65. The van der Waals surface area contributed by atoms with E-state index in [9.17, 15) is 4.79 Å². The summed E-state index contributed by atoms with van der Waals surface area (Å²) in [6, 6.07) is 13.8. The standard InChI is InChI=1S/C22H24Cl2N2O2/c23-18-3-1-15(2-4-18)13-26-9-7-20(8-10-26)25-22(27)17-11-16-12-19(24)5-6-21(16)28-14-17/h1-6,12,17,20H,7-11,13-14H2,(H,25,27)/t17-/m1/s1. The average molecular weight is 419 g/mol. The molecule has 1 atom stereocenters. The van der Waals surface area contributed by atoms with Crippen molar-refractivity contribution in [3.05, 3.63) is 63.6 Å². The number of nitrogens with zero attached hydrogens (tertiary/aromatic N) is 1. The van der Waals surface area contributed by atoms with Gasteiger partial charge < -0.3 is 10.1 Å². The van der Waals surface area contributed by atoms with Gasteiger partial charge in [0.2, 0.25) is 5.91 Å². The Bertz CT molecular complexity index is 833. The van der Waals surface area contributed by atoms with Crippen LogP contribution in [0.4, 0.5) is 0 Å². The number of amides is 1. The SMILES string of the molecule is O=C(NC1CCN(Cc2ccc(Cl)cc2)CC1)[C@H]1COc2ccc(Cl)cc2C1. The number of ether oxygens (including phenoxy) is 1. The number of nitrogens with one attached hydrogen (secondary N) is 1. The molecule has 6 heteroatoms. The molecule has 2 aliphatic heterocycles.